The number of hydrogen-bond donors (Lipinski definition) is 1. The minimum Gasteiger partial charge on any atom is -0.544 e. The average Bonchev–Trinajstić information content (AvgIpc) is 3.14. The van der Waals surface area contributed by atoms with Crippen LogP contribution in [0.25, 0.3) is 6.08 Å². The molecule has 0 spiro atoms. The molecular formula is C20H17ClN3O3S-. The first-order valence-corrected chi connectivity index (χ1v) is 9.73. The predicted octanol–water partition coefficient (Wildman–Crippen LogP) is 3.48. The fourth-order valence-electron chi connectivity index (χ4n) is 2.37. The molecule has 3 aromatic rings. The molecule has 0 atom stereocenters. The highest BCUT2D eigenvalue weighted by atomic mass is 35.5. The number of ether oxygens (including phenoxy) is 1. The van der Waals surface area contributed by atoms with E-state index in [1.54, 1.807) is 24.3 Å². The molecule has 0 aliphatic rings. The lowest BCUT2D eigenvalue weighted by Crippen LogP contribution is -2.23. The molecule has 144 valence electrons. The fraction of sp³-hybridized carbons (Fsp3) is 0.150. The number of rotatable bonds is 8. The quantitative estimate of drug-likeness (QED) is 0.448. The van der Waals surface area contributed by atoms with Gasteiger partial charge in [0.15, 0.2) is 0 Å². The zero-order valence-electron chi connectivity index (χ0n) is 15.0. The third-order valence-electron chi connectivity index (χ3n) is 3.74. The summed E-state index contributed by atoms with van der Waals surface area (Å²) in [5.74, 6) is -0.0750. The van der Waals surface area contributed by atoms with E-state index in [1.807, 2.05) is 31.2 Å². The number of halogens is 1. The van der Waals surface area contributed by atoms with Gasteiger partial charge in [0.1, 0.15) is 18.2 Å². The monoisotopic (exact) mass is 414 g/mol. The van der Waals surface area contributed by atoms with Gasteiger partial charge in [0.05, 0.1) is 5.97 Å². The van der Waals surface area contributed by atoms with E-state index in [-0.39, 0.29) is 4.91 Å². The minimum absolute atomic E-state index is 0.0135. The fourth-order valence-corrected chi connectivity index (χ4v) is 3.30. The Kier molecular flexibility index (Phi) is 6.73. The van der Waals surface area contributed by atoms with E-state index in [0.29, 0.717) is 40.3 Å². The number of hydrogen-bond acceptors (Lipinski definition) is 6. The van der Waals surface area contributed by atoms with Crippen LogP contribution < -0.4 is 9.84 Å². The van der Waals surface area contributed by atoms with Gasteiger partial charge in [-0.25, -0.2) is 4.98 Å². The molecule has 0 aliphatic carbocycles. The van der Waals surface area contributed by atoms with Crippen LogP contribution in [-0.2, 0) is 17.8 Å². The van der Waals surface area contributed by atoms with Crippen LogP contribution in [0.5, 0.6) is 5.75 Å². The number of nitrogens with one attached hydrogen (secondary N) is 1. The summed E-state index contributed by atoms with van der Waals surface area (Å²) in [7, 11) is 0. The first kappa shape index (κ1) is 20.0. The molecule has 0 unspecified atom stereocenters. The number of aryl methyl sites for hydroxylation is 1. The number of aliphatic carboxylic acids is 1. The number of H-pyrrole nitrogens is 1. The summed E-state index contributed by atoms with van der Waals surface area (Å²) in [6, 6.07) is 14.5. The molecule has 6 nitrogen and oxygen atoms in total. The minimum atomic E-state index is -1.31. The van der Waals surface area contributed by atoms with Gasteiger partial charge >= 0.3 is 0 Å². The van der Waals surface area contributed by atoms with Gasteiger partial charge in [-0.15, -0.1) is 5.10 Å². The molecule has 0 bridgehead atoms. The van der Waals surface area contributed by atoms with Crippen molar-refractivity contribution in [3.63, 3.8) is 0 Å². The molecule has 0 saturated carbocycles. The van der Waals surface area contributed by atoms with Gasteiger partial charge in [0.2, 0.25) is 5.16 Å². The predicted molar refractivity (Wildman–Crippen MR) is 107 cm³/mol. The maximum Gasteiger partial charge on any atom is 0.213 e. The van der Waals surface area contributed by atoms with E-state index in [2.05, 4.69) is 15.2 Å². The summed E-state index contributed by atoms with van der Waals surface area (Å²) in [5.41, 5.74) is 1.52. The maximum absolute atomic E-state index is 11.6. The Labute approximate surface area is 171 Å². The van der Waals surface area contributed by atoms with Gasteiger partial charge in [-0.2, -0.15) is 0 Å². The Balaban J connectivity index is 1.81. The summed E-state index contributed by atoms with van der Waals surface area (Å²) in [4.78, 5) is 15.8. The molecule has 0 saturated heterocycles. The number of para-hydroxylation sites is 1. The lowest BCUT2D eigenvalue weighted by Gasteiger charge is -2.11. The summed E-state index contributed by atoms with van der Waals surface area (Å²) >= 11 is 6.92. The third-order valence-corrected chi connectivity index (χ3v) is 4.84. The van der Waals surface area contributed by atoms with E-state index >= 15 is 0 Å². The molecule has 1 N–H and O–H groups in total. The Morgan fingerprint density at radius 3 is 2.82 bits per heavy atom. The van der Waals surface area contributed by atoms with Gasteiger partial charge in [0.25, 0.3) is 0 Å². The number of carbonyl (C=O) groups excluding carboxylic acids is 1. The van der Waals surface area contributed by atoms with Crippen molar-refractivity contribution >= 4 is 35.4 Å². The first-order valence-electron chi connectivity index (χ1n) is 8.53. The highest BCUT2D eigenvalue weighted by Crippen LogP contribution is 2.29. The third kappa shape index (κ3) is 5.37. The molecule has 28 heavy (non-hydrogen) atoms. The van der Waals surface area contributed by atoms with Crippen LogP contribution in [0.3, 0.4) is 0 Å². The van der Waals surface area contributed by atoms with Crippen LogP contribution in [0.15, 0.2) is 58.6 Å². The van der Waals surface area contributed by atoms with E-state index in [4.69, 9.17) is 16.3 Å². The Bertz CT molecular complexity index is 1000. The molecule has 0 radical (unpaired) electrons. The standard InChI is InChI=1S/C20H18ClN3O3S/c1-2-18-22-20(24-23-18)28-17(19(25)26)11-14-7-3-4-9-16(14)27-12-13-6-5-8-15(21)10-13/h3-11H,2,12H2,1H3,(H,25,26)(H,22,23,24)/p-1/b17-11-. The van der Waals surface area contributed by atoms with E-state index < -0.39 is 5.97 Å². The summed E-state index contributed by atoms with van der Waals surface area (Å²) in [5, 5.41) is 19.3. The van der Waals surface area contributed by atoms with Crippen molar-refractivity contribution in [3.8, 4) is 5.75 Å². The van der Waals surface area contributed by atoms with E-state index in [9.17, 15) is 9.90 Å². The highest BCUT2D eigenvalue weighted by Gasteiger charge is 2.10. The van der Waals surface area contributed by atoms with E-state index in [1.165, 1.54) is 6.08 Å². The molecule has 3 rings (SSSR count). The molecule has 1 aromatic heterocycles. The smallest absolute Gasteiger partial charge is 0.213 e. The number of benzene rings is 2. The number of carboxylic acids is 1. The number of carbonyl (C=O) groups is 1. The number of thioether (sulfide) groups is 1. The number of nitrogens with zero attached hydrogens (tertiary/aromatic N) is 2. The Hall–Kier alpha value is -2.77. The molecule has 0 aliphatic heterocycles. The van der Waals surface area contributed by atoms with Crippen molar-refractivity contribution in [1.82, 2.24) is 15.2 Å². The lowest BCUT2D eigenvalue weighted by molar-refractivity contribution is -0.297. The van der Waals surface area contributed by atoms with Crippen molar-refractivity contribution in [1.29, 1.82) is 0 Å². The van der Waals surface area contributed by atoms with Crippen molar-refractivity contribution in [2.45, 2.75) is 25.1 Å². The van der Waals surface area contributed by atoms with Gasteiger partial charge in [-0.3, -0.25) is 5.10 Å². The lowest BCUT2D eigenvalue weighted by atomic mass is 10.2. The van der Waals surface area contributed by atoms with Gasteiger partial charge in [0, 0.05) is 21.9 Å². The zero-order chi connectivity index (χ0) is 19.9. The molecule has 8 heteroatoms. The topological polar surface area (TPSA) is 90.9 Å². The number of aromatic nitrogens is 3. The second-order valence-electron chi connectivity index (χ2n) is 5.77. The molecule has 0 fully saturated rings. The number of carboxylic acid groups (broad SMARTS) is 1. The van der Waals surface area contributed by atoms with Crippen LogP contribution in [-0.4, -0.2) is 21.2 Å². The van der Waals surface area contributed by atoms with Gasteiger partial charge in [-0.05, 0) is 41.6 Å². The van der Waals surface area contributed by atoms with Crippen LogP contribution in [0, 0.1) is 0 Å². The first-order chi connectivity index (χ1) is 13.5. The molecule has 0 amide bonds. The molecular weight excluding hydrogens is 398 g/mol. The second-order valence-corrected chi connectivity index (χ2v) is 7.22. The van der Waals surface area contributed by atoms with Crippen LogP contribution in [0.1, 0.15) is 23.9 Å². The summed E-state index contributed by atoms with van der Waals surface area (Å²) in [6.07, 6.45) is 2.17. The van der Waals surface area contributed by atoms with E-state index in [0.717, 1.165) is 17.3 Å². The summed E-state index contributed by atoms with van der Waals surface area (Å²) in [6.45, 7) is 2.23. The summed E-state index contributed by atoms with van der Waals surface area (Å²) < 4.78 is 5.87. The highest BCUT2D eigenvalue weighted by molar-refractivity contribution is 8.04. The maximum atomic E-state index is 11.6. The van der Waals surface area contributed by atoms with Crippen LogP contribution >= 0.6 is 23.4 Å². The Morgan fingerprint density at radius 2 is 2.11 bits per heavy atom. The normalized spacial score (nSPS) is 11.4. The largest absolute Gasteiger partial charge is 0.544 e. The van der Waals surface area contributed by atoms with Crippen LogP contribution in [0.2, 0.25) is 5.02 Å². The second kappa shape index (κ2) is 9.43. The van der Waals surface area contributed by atoms with Crippen molar-refractivity contribution in [3.05, 3.63) is 75.4 Å². The van der Waals surface area contributed by atoms with Gasteiger partial charge in [-0.1, -0.05) is 48.9 Å². The Morgan fingerprint density at radius 1 is 1.29 bits per heavy atom. The zero-order valence-corrected chi connectivity index (χ0v) is 16.6. The molecule has 1 heterocycles. The van der Waals surface area contributed by atoms with Crippen molar-refractivity contribution < 1.29 is 14.6 Å². The van der Waals surface area contributed by atoms with Crippen molar-refractivity contribution in [2.24, 2.45) is 0 Å². The molecule has 2 aromatic carbocycles. The SMILES string of the molecule is CCc1nc(S/C(=C\c2ccccc2OCc2cccc(Cl)c2)C(=O)[O-])n[nH]1. The van der Waals surface area contributed by atoms with Gasteiger partial charge < -0.3 is 14.6 Å². The number of aromatic amines is 1. The van der Waals surface area contributed by atoms with Crippen LogP contribution in [0.4, 0.5) is 0 Å². The van der Waals surface area contributed by atoms with Crippen molar-refractivity contribution in [2.75, 3.05) is 0 Å². The average molecular weight is 415 g/mol.